The van der Waals surface area contributed by atoms with Crippen molar-refractivity contribution in [2.45, 2.75) is 5.38 Å². The highest BCUT2D eigenvalue weighted by atomic mass is 35.5. The van der Waals surface area contributed by atoms with Gasteiger partial charge in [-0.1, -0.05) is 0 Å². The van der Waals surface area contributed by atoms with Crippen molar-refractivity contribution in [3.63, 3.8) is 0 Å². The molecule has 7 nitrogen and oxygen atoms in total. The van der Waals surface area contributed by atoms with Crippen LogP contribution in [0.5, 0.6) is 5.88 Å². The summed E-state index contributed by atoms with van der Waals surface area (Å²) in [6, 6.07) is 1.48. The average Bonchev–Trinajstić information content (AvgIpc) is 2.75. The van der Waals surface area contributed by atoms with E-state index in [0.717, 1.165) is 0 Å². The van der Waals surface area contributed by atoms with Crippen molar-refractivity contribution in [3.8, 4) is 5.88 Å². The molecule has 0 bridgehead atoms. The van der Waals surface area contributed by atoms with Gasteiger partial charge in [-0.3, -0.25) is 9.59 Å². The van der Waals surface area contributed by atoms with Gasteiger partial charge in [0.2, 0.25) is 5.88 Å². The van der Waals surface area contributed by atoms with Crippen molar-refractivity contribution < 1.29 is 19.1 Å². The summed E-state index contributed by atoms with van der Waals surface area (Å²) in [5.74, 6) is -0.588. The minimum Gasteiger partial charge on any atom is -0.481 e. The molecule has 0 spiro atoms. The van der Waals surface area contributed by atoms with E-state index in [2.05, 4.69) is 15.2 Å². The normalized spacial score (nSPS) is 11.8. The number of alkyl halides is 1. The van der Waals surface area contributed by atoms with Crippen molar-refractivity contribution in [2.75, 3.05) is 20.8 Å². The van der Waals surface area contributed by atoms with Crippen LogP contribution < -0.4 is 10.1 Å². The van der Waals surface area contributed by atoms with E-state index in [9.17, 15) is 9.59 Å². The Bertz CT molecular complexity index is 446. The highest BCUT2D eigenvalue weighted by Gasteiger charge is 2.18. The third-order valence-electron chi connectivity index (χ3n) is 2.18. The number of methoxy groups -OCH3 is 2. The van der Waals surface area contributed by atoms with Crippen LogP contribution in [-0.2, 0) is 16.6 Å². The number of rotatable bonds is 5. The second kappa shape index (κ2) is 6.25. The standard InChI is InChI=1S/C10H14ClN3O4/c1-14-8(17-2)4-7(13-14)9(15)12-5-6(11)10(16)18-3/h4,6H,5H2,1-3H3,(H,12,15). The molecule has 0 radical (unpaired) electrons. The molecule has 100 valence electrons. The minimum absolute atomic E-state index is 0.0358. The average molecular weight is 276 g/mol. The first-order valence-corrected chi connectivity index (χ1v) is 5.51. The van der Waals surface area contributed by atoms with Gasteiger partial charge in [-0.2, -0.15) is 5.10 Å². The minimum atomic E-state index is -0.926. The molecule has 0 aliphatic rings. The van der Waals surface area contributed by atoms with Crippen molar-refractivity contribution in [1.82, 2.24) is 15.1 Å². The molecule has 0 aromatic carbocycles. The summed E-state index contributed by atoms with van der Waals surface area (Å²) in [6.45, 7) is -0.0358. The Morgan fingerprint density at radius 3 is 2.72 bits per heavy atom. The van der Waals surface area contributed by atoms with E-state index in [-0.39, 0.29) is 12.2 Å². The summed E-state index contributed by atoms with van der Waals surface area (Å²) in [6.07, 6.45) is 0. The molecule has 0 aliphatic heterocycles. The fourth-order valence-corrected chi connectivity index (χ4v) is 1.40. The van der Waals surface area contributed by atoms with Crippen LogP contribution in [0.25, 0.3) is 0 Å². The Morgan fingerprint density at radius 2 is 2.22 bits per heavy atom. The molecule has 18 heavy (non-hydrogen) atoms. The first-order valence-electron chi connectivity index (χ1n) is 5.07. The van der Waals surface area contributed by atoms with E-state index in [1.807, 2.05) is 0 Å². The Hall–Kier alpha value is -1.76. The summed E-state index contributed by atoms with van der Waals surface area (Å²) in [5, 5.41) is 5.49. The fourth-order valence-electron chi connectivity index (χ4n) is 1.24. The monoisotopic (exact) mass is 275 g/mol. The molecular weight excluding hydrogens is 262 g/mol. The molecule has 1 amide bonds. The highest BCUT2D eigenvalue weighted by Crippen LogP contribution is 2.10. The lowest BCUT2D eigenvalue weighted by molar-refractivity contribution is -0.140. The maximum Gasteiger partial charge on any atom is 0.325 e. The van der Waals surface area contributed by atoms with E-state index in [1.54, 1.807) is 7.05 Å². The fraction of sp³-hybridized carbons (Fsp3) is 0.500. The van der Waals surface area contributed by atoms with Crippen LogP contribution in [0.2, 0.25) is 0 Å². The molecule has 0 saturated carbocycles. The van der Waals surface area contributed by atoms with E-state index in [1.165, 1.54) is 25.0 Å². The van der Waals surface area contributed by atoms with E-state index >= 15 is 0 Å². The van der Waals surface area contributed by atoms with Crippen molar-refractivity contribution >= 4 is 23.5 Å². The number of hydrogen-bond donors (Lipinski definition) is 1. The maximum atomic E-state index is 11.7. The third kappa shape index (κ3) is 3.36. The predicted molar refractivity (Wildman–Crippen MR) is 63.8 cm³/mol. The molecule has 1 N–H and O–H groups in total. The summed E-state index contributed by atoms with van der Waals surface area (Å²) < 4.78 is 10.8. The Balaban J connectivity index is 2.57. The van der Waals surface area contributed by atoms with Gasteiger partial charge < -0.3 is 14.8 Å². The number of hydrogen-bond acceptors (Lipinski definition) is 5. The Labute approximate surface area is 109 Å². The molecule has 1 heterocycles. The number of nitrogens with zero attached hydrogens (tertiary/aromatic N) is 2. The highest BCUT2D eigenvalue weighted by molar-refractivity contribution is 6.30. The first kappa shape index (κ1) is 14.3. The van der Waals surface area contributed by atoms with Crippen molar-refractivity contribution in [1.29, 1.82) is 0 Å². The third-order valence-corrected chi connectivity index (χ3v) is 2.51. The topological polar surface area (TPSA) is 82.5 Å². The zero-order chi connectivity index (χ0) is 13.7. The second-order valence-electron chi connectivity index (χ2n) is 3.40. The van der Waals surface area contributed by atoms with Crippen LogP contribution in [-0.4, -0.2) is 47.8 Å². The van der Waals surface area contributed by atoms with Gasteiger partial charge in [0.15, 0.2) is 5.69 Å². The molecular formula is C10H14ClN3O4. The zero-order valence-corrected chi connectivity index (χ0v) is 11.0. The van der Waals surface area contributed by atoms with Gasteiger partial charge in [0.05, 0.1) is 14.2 Å². The maximum absolute atomic E-state index is 11.7. The molecule has 8 heteroatoms. The number of carbonyl (C=O) groups is 2. The summed E-state index contributed by atoms with van der Waals surface area (Å²) in [7, 11) is 4.35. The smallest absolute Gasteiger partial charge is 0.325 e. The summed E-state index contributed by atoms with van der Waals surface area (Å²) >= 11 is 5.69. The molecule has 1 aromatic rings. The number of esters is 1. The lowest BCUT2D eigenvalue weighted by atomic mass is 10.3. The molecule has 0 saturated heterocycles. The largest absolute Gasteiger partial charge is 0.481 e. The summed E-state index contributed by atoms with van der Waals surface area (Å²) in [5.41, 5.74) is 0.183. The van der Waals surface area contributed by atoms with Crippen LogP contribution in [0, 0.1) is 0 Å². The second-order valence-corrected chi connectivity index (χ2v) is 3.92. The van der Waals surface area contributed by atoms with Gasteiger partial charge in [0.25, 0.3) is 5.91 Å². The van der Waals surface area contributed by atoms with Crippen molar-refractivity contribution in [3.05, 3.63) is 11.8 Å². The van der Waals surface area contributed by atoms with Crippen molar-refractivity contribution in [2.24, 2.45) is 7.05 Å². The van der Waals surface area contributed by atoms with Gasteiger partial charge in [-0.15, -0.1) is 11.6 Å². The van der Waals surface area contributed by atoms with Crippen LogP contribution in [0.15, 0.2) is 6.07 Å². The number of carbonyl (C=O) groups excluding carboxylic acids is 2. The van der Waals surface area contributed by atoms with Crippen LogP contribution in [0.4, 0.5) is 0 Å². The van der Waals surface area contributed by atoms with Gasteiger partial charge in [-0.25, -0.2) is 4.68 Å². The lowest BCUT2D eigenvalue weighted by Crippen LogP contribution is -2.34. The zero-order valence-electron chi connectivity index (χ0n) is 10.3. The molecule has 1 aromatic heterocycles. The quantitative estimate of drug-likeness (QED) is 0.601. The summed E-state index contributed by atoms with van der Waals surface area (Å²) in [4.78, 5) is 22.7. The lowest BCUT2D eigenvalue weighted by Gasteiger charge is -2.07. The Morgan fingerprint density at radius 1 is 1.56 bits per heavy atom. The number of aromatic nitrogens is 2. The molecule has 1 atom stereocenters. The number of nitrogens with one attached hydrogen (secondary N) is 1. The van der Waals surface area contributed by atoms with Gasteiger partial charge in [-0.05, 0) is 0 Å². The molecule has 0 fully saturated rings. The van der Waals surface area contributed by atoms with Gasteiger partial charge in [0, 0.05) is 19.7 Å². The van der Waals surface area contributed by atoms with Crippen LogP contribution in [0.3, 0.4) is 0 Å². The van der Waals surface area contributed by atoms with Gasteiger partial charge >= 0.3 is 5.97 Å². The van der Waals surface area contributed by atoms with E-state index in [4.69, 9.17) is 16.3 Å². The van der Waals surface area contributed by atoms with E-state index in [0.29, 0.717) is 5.88 Å². The van der Waals surface area contributed by atoms with E-state index < -0.39 is 17.3 Å². The van der Waals surface area contributed by atoms with Crippen LogP contribution >= 0.6 is 11.6 Å². The number of halogens is 1. The number of aryl methyl sites for hydroxylation is 1. The SMILES string of the molecule is COC(=O)C(Cl)CNC(=O)c1cc(OC)n(C)n1. The first-order chi connectivity index (χ1) is 8.49. The molecule has 1 rings (SSSR count). The molecule has 1 unspecified atom stereocenters. The molecule has 0 aliphatic carbocycles. The van der Waals surface area contributed by atoms with Crippen LogP contribution in [0.1, 0.15) is 10.5 Å². The Kier molecular flexibility index (Phi) is 4.96. The van der Waals surface area contributed by atoms with Gasteiger partial charge in [0.1, 0.15) is 5.38 Å². The number of ether oxygens (including phenoxy) is 2. The number of amides is 1. The predicted octanol–water partition coefficient (Wildman–Crippen LogP) is -0.0611.